The standard InChI is InChI=1S/C12H10Cl2N2O2/c1-6-5-9(13)15-11(14)10(6)16-12(17)8-4-3-7(2)18-8/h3-5H,1-2H3,(H,16,17). The predicted octanol–water partition coefficient (Wildman–Crippen LogP) is 3.85. The topological polar surface area (TPSA) is 55.1 Å². The van der Waals surface area contributed by atoms with Gasteiger partial charge < -0.3 is 9.73 Å². The van der Waals surface area contributed by atoms with Crippen LogP contribution in [0.4, 0.5) is 5.69 Å². The van der Waals surface area contributed by atoms with Gasteiger partial charge in [0.1, 0.15) is 10.9 Å². The lowest BCUT2D eigenvalue weighted by Crippen LogP contribution is -2.12. The smallest absolute Gasteiger partial charge is 0.291 e. The number of pyridine rings is 1. The summed E-state index contributed by atoms with van der Waals surface area (Å²) in [6.07, 6.45) is 0. The highest BCUT2D eigenvalue weighted by Gasteiger charge is 2.14. The van der Waals surface area contributed by atoms with E-state index in [-0.39, 0.29) is 22.0 Å². The Morgan fingerprint density at radius 1 is 1.33 bits per heavy atom. The van der Waals surface area contributed by atoms with Crippen molar-refractivity contribution in [2.24, 2.45) is 0 Å². The number of aryl methyl sites for hydroxylation is 2. The van der Waals surface area contributed by atoms with Crippen LogP contribution in [-0.2, 0) is 0 Å². The van der Waals surface area contributed by atoms with Gasteiger partial charge in [-0.05, 0) is 37.6 Å². The van der Waals surface area contributed by atoms with E-state index >= 15 is 0 Å². The molecule has 0 atom stereocenters. The molecule has 0 radical (unpaired) electrons. The third-order valence-electron chi connectivity index (χ3n) is 2.34. The van der Waals surface area contributed by atoms with Gasteiger partial charge in [-0.1, -0.05) is 23.2 Å². The van der Waals surface area contributed by atoms with Crippen LogP contribution in [-0.4, -0.2) is 10.9 Å². The number of rotatable bonds is 2. The lowest BCUT2D eigenvalue weighted by Gasteiger charge is -2.08. The number of halogens is 2. The molecule has 1 N–H and O–H groups in total. The number of hydrogen-bond donors (Lipinski definition) is 1. The lowest BCUT2D eigenvalue weighted by atomic mass is 10.2. The van der Waals surface area contributed by atoms with Crippen molar-refractivity contribution >= 4 is 34.8 Å². The van der Waals surface area contributed by atoms with Gasteiger partial charge in [-0.3, -0.25) is 4.79 Å². The highest BCUT2D eigenvalue weighted by Crippen LogP contribution is 2.27. The van der Waals surface area contributed by atoms with Gasteiger partial charge in [0.25, 0.3) is 5.91 Å². The molecular weight excluding hydrogens is 275 g/mol. The molecule has 0 saturated carbocycles. The Bertz CT molecular complexity index is 585. The molecule has 0 fully saturated rings. The van der Waals surface area contributed by atoms with Crippen molar-refractivity contribution in [2.45, 2.75) is 13.8 Å². The van der Waals surface area contributed by atoms with Crippen molar-refractivity contribution in [1.29, 1.82) is 0 Å². The molecule has 2 heterocycles. The van der Waals surface area contributed by atoms with Crippen LogP contribution in [0.15, 0.2) is 22.6 Å². The average Bonchev–Trinajstić information content (AvgIpc) is 2.70. The molecule has 0 spiro atoms. The number of furan rings is 1. The monoisotopic (exact) mass is 284 g/mol. The first kappa shape index (κ1) is 12.9. The van der Waals surface area contributed by atoms with Crippen LogP contribution in [0.1, 0.15) is 21.9 Å². The molecule has 0 aliphatic rings. The molecule has 0 bridgehead atoms. The molecule has 6 heteroatoms. The number of carbonyl (C=O) groups is 1. The first-order chi connectivity index (χ1) is 8.47. The van der Waals surface area contributed by atoms with Crippen molar-refractivity contribution in [1.82, 2.24) is 4.98 Å². The van der Waals surface area contributed by atoms with Gasteiger partial charge in [-0.25, -0.2) is 4.98 Å². The summed E-state index contributed by atoms with van der Waals surface area (Å²) in [5, 5.41) is 3.08. The zero-order valence-corrected chi connectivity index (χ0v) is 11.3. The molecule has 0 aliphatic heterocycles. The normalized spacial score (nSPS) is 10.4. The number of nitrogens with zero attached hydrogens (tertiary/aromatic N) is 1. The van der Waals surface area contributed by atoms with Gasteiger partial charge in [0.05, 0.1) is 5.69 Å². The number of anilines is 1. The van der Waals surface area contributed by atoms with E-state index in [2.05, 4.69) is 10.3 Å². The van der Waals surface area contributed by atoms with E-state index in [0.717, 1.165) is 5.56 Å². The van der Waals surface area contributed by atoms with Gasteiger partial charge in [0.2, 0.25) is 0 Å². The molecule has 94 valence electrons. The number of nitrogens with one attached hydrogen (secondary N) is 1. The number of hydrogen-bond acceptors (Lipinski definition) is 3. The Morgan fingerprint density at radius 3 is 2.61 bits per heavy atom. The molecule has 0 aromatic carbocycles. The second kappa shape index (κ2) is 5.00. The Hall–Kier alpha value is -1.52. The number of carbonyl (C=O) groups excluding carboxylic acids is 1. The van der Waals surface area contributed by atoms with Crippen LogP contribution < -0.4 is 5.32 Å². The first-order valence-electron chi connectivity index (χ1n) is 5.18. The fourth-order valence-corrected chi connectivity index (χ4v) is 2.06. The molecule has 4 nitrogen and oxygen atoms in total. The maximum atomic E-state index is 11.9. The minimum absolute atomic E-state index is 0.150. The minimum atomic E-state index is -0.378. The third kappa shape index (κ3) is 2.66. The van der Waals surface area contributed by atoms with Gasteiger partial charge >= 0.3 is 0 Å². The predicted molar refractivity (Wildman–Crippen MR) is 70.4 cm³/mol. The van der Waals surface area contributed by atoms with Crippen molar-refractivity contribution in [3.63, 3.8) is 0 Å². The molecule has 18 heavy (non-hydrogen) atoms. The van der Waals surface area contributed by atoms with Crippen LogP contribution in [0.2, 0.25) is 10.3 Å². The van der Waals surface area contributed by atoms with Crippen molar-refractivity contribution in [3.05, 3.63) is 45.6 Å². The quantitative estimate of drug-likeness (QED) is 0.852. The largest absolute Gasteiger partial charge is 0.456 e. The van der Waals surface area contributed by atoms with E-state index in [4.69, 9.17) is 27.6 Å². The summed E-state index contributed by atoms with van der Waals surface area (Å²) in [7, 11) is 0. The Kier molecular flexibility index (Phi) is 3.59. The SMILES string of the molecule is Cc1ccc(C(=O)Nc2c(C)cc(Cl)nc2Cl)o1. The van der Waals surface area contributed by atoms with Crippen LogP contribution in [0.5, 0.6) is 0 Å². The second-order valence-electron chi connectivity index (χ2n) is 3.79. The van der Waals surface area contributed by atoms with Crippen molar-refractivity contribution in [2.75, 3.05) is 5.32 Å². The van der Waals surface area contributed by atoms with Gasteiger partial charge in [0, 0.05) is 0 Å². The fraction of sp³-hybridized carbons (Fsp3) is 0.167. The summed E-state index contributed by atoms with van der Waals surface area (Å²) in [5.74, 6) is 0.507. The third-order valence-corrected chi connectivity index (χ3v) is 2.81. The lowest BCUT2D eigenvalue weighted by molar-refractivity contribution is 0.0995. The second-order valence-corrected chi connectivity index (χ2v) is 4.54. The summed E-state index contributed by atoms with van der Waals surface area (Å²) in [4.78, 5) is 15.8. The van der Waals surface area contributed by atoms with Crippen molar-refractivity contribution in [3.8, 4) is 0 Å². The van der Waals surface area contributed by atoms with E-state index in [1.54, 1.807) is 32.0 Å². The highest BCUT2D eigenvalue weighted by molar-refractivity contribution is 6.35. The molecule has 2 rings (SSSR count). The van der Waals surface area contributed by atoms with Crippen LogP contribution in [0.3, 0.4) is 0 Å². The number of aromatic nitrogens is 1. The molecule has 0 saturated heterocycles. The first-order valence-corrected chi connectivity index (χ1v) is 5.93. The highest BCUT2D eigenvalue weighted by atomic mass is 35.5. The van der Waals surface area contributed by atoms with Crippen LogP contribution >= 0.6 is 23.2 Å². The van der Waals surface area contributed by atoms with Crippen molar-refractivity contribution < 1.29 is 9.21 Å². The van der Waals surface area contributed by atoms with E-state index in [1.807, 2.05) is 0 Å². The Morgan fingerprint density at radius 2 is 2.06 bits per heavy atom. The average molecular weight is 285 g/mol. The van der Waals surface area contributed by atoms with E-state index in [0.29, 0.717) is 11.4 Å². The van der Waals surface area contributed by atoms with Gasteiger partial charge in [-0.15, -0.1) is 0 Å². The van der Waals surface area contributed by atoms with E-state index < -0.39 is 0 Å². The zero-order valence-electron chi connectivity index (χ0n) is 9.75. The molecule has 1 amide bonds. The number of amides is 1. The molecular formula is C12H10Cl2N2O2. The molecule has 0 aliphatic carbocycles. The summed E-state index contributed by atoms with van der Waals surface area (Å²) >= 11 is 11.7. The van der Waals surface area contributed by atoms with E-state index in [1.165, 1.54) is 0 Å². The van der Waals surface area contributed by atoms with Crippen LogP contribution in [0, 0.1) is 13.8 Å². The Labute approximate surface area is 114 Å². The van der Waals surface area contributed by atoms with Gasteiger partial charge in [0.15, 0.2) is 10.9 Å². The summed E-state index contributed by atoms with van der Waals surface area (Å²) in [6, 6.07) is 4.93. The minimum Gasteiger partial charge on any atom is -0.456 e. The van der Waals surface area contributed by atoms with E-state index in [9.17, 15) is 4.79 Å². The summed E-state index contributed by atoms with van der Waals surface area (Å²) in [5.41, 5.74) is 1.16. The maximum Gasteiger partial charge on any atom is 0.291 e. The molecule has 0 unspecified atom stereocenters. The van der Waals surface area contributed by atoms with Crippen LogP contribution in [0.25, 0.3) is 0 Å². The fourth-order valence-electron chi connectivity index (χ4n) is 1.48. The zero-order chi connectivity index (χ0) is 13.3. The van der Waals surface area contributed by atoms with Gasteiger partial charge in [-0.2, -0.15) is 0 Å². The summed E-state index contributed by atoms with van der Waals surface area (Å²) in [6.45, 7) is 3.54. The Balaban J connectivity index is 2.27. The maximum absolute atomic E-state index is 11.9. The summed E-state index contributed by atoms with van der Waals surface area (Å²) < 4.78 is 5.22. The molecule has 2 aromatic heterocycles. The molecule has 2 aromatic rings.